The van der Waals surface area contributed by atoms with Gasteiger partial charge >= 0.3 is 0 Å². The molecule has 0 spiro atoms. The van der Waals surface area contributed by atoms with Gasteiger partial charge in [0.2, 0.25) is 5.91 Å². The highest BCUT2D eigenvalue weighted by molar-refractivity contribution is 5.75. The lowest BCUT2D eigenvalue weighted by Gasteiger charge is -2.22. The van der Waals surface area contributed by atoms with Crippen LogP contribution in [-0.4, -0.2) is 31.7 Å². The van der Waals surface area contributed by atoms with E-state index in [-0.39, 0.29) is 5.91 Å². The number of nitrogens with two attached hydrogens (primary N) is 1. The van der Waals surface area contributed by atoms with Gasteiger partial charge in [-0.15, -0.1) is 0 Å². The van der Waals surface area contributed by atoms with Crippen LogP contribution in [0, 0.1) is 11.8 Å². The summed E-state index contributed by atoms with van der Waals surface area (Å²) in [7, 11) is 0. The second-order valence-corrected chi connectivity index (χ2v) is 5.89. The van der Waals surface area contributed by atoms with Gasteiger partial charge in [0.25, 0.3) is 0 Å². The molecule has 0 aromatic carbocycles. The van der Waals surface area contributed by atoms with Crippen LogP contribution in [0.3, 0.4) is 0 Å². The van der Waals surface area contributed by atoms with E-state index >= 15 is 0 Å². The first-order valence-corrected chi connectivity index (χ1v) is 7.73. The van der Waals surface area contributed by atoms with Gasteiger partial charge in [0.1, 0.15) is 0 Å². The fourth-order valence-corrected chi connectivity index (χ4v) is 2.73. The fraction of sp³-hybridized carbons (Fsp3) is 0.933. The summed E-state index contributed by atoms with van der Waals surface area (Å²) in [6.45, 7) is 6.72. The smallest absolute Gasteiger partial charge is 0.220 e. The molecule has 1 heterocycles. The molecule has 0 bridgehead atoms. The van der Waals surface area contributed by atoms with Gasteiger partial charge in [0.15, 0.2) is 0 Å². The maximum Gasteiger partial charge on any atom is 0.220 e. The van der Waals surface area contributed by atoms with E-state index in [1.54, 1.807) is 0 Å². The Morgan fingerprint density at radius 1 is 1.32 bits per heavy atom. The predicted octanol–water partition coefficient (Wildman–Crippen LogP) is 2.07. The molecule has 0 saturated carbocycles. The SMILES string of the molecule is CC(C)C1OCCC1CNC(=O)CCCCCCN. The molecule has 1 fully saturated rings. The van der Waals surface area contributed by atoms with Gasteiger partial charge in [-0.2, -0.15) is 0 Å². The monoisotopic (exact) mass is 270 g/mol. The third kappa shape index (κ3) is 6.39. The van der Waals surface area contributed by atoms with Crippen molar-refractivity contribution >= 4 is 5.91 Å². The zero-order valence-corrected chi connectivity index (χ0v) is 12.5. The molecule has 1 amide bonds. The first kappa shape index (κ1) is 16.4. The van der Waals surface area contributed by atoms with Crippen molar-refractivity contribution in [2.75, 3.05) is 19.7 Å². The van der Waals surface area contributed by atoms with E-state index in [0.717, 1.165) is 51.8 Å². The van der Waals surface area contributed by atoms with Crippen LogP contribution in [0.1, 0.15) is 52.4 Å². The van der Waals surface area contributed by atoms with Crippen LogP contribution in [0.2, 0.25) is 0 Å². The minimum atomic E-state index is 0.183. The Labute approximate surface area is 117 Å². The van der Waals surface area contributed by atoms with E-state index in [4.69, 9.17) is 10.5 Å². The number of rotatable bonds is 9. The van der Waals surface area contributed by atoms with Crippen molar-refractivity contribution in [3.63, 3.8) is 0 Å². The molecule has 112 valence electrons. The van der Waals surface area contributed by atoms with Gasteiger partial charge < -0.3 is 15.8 Å². The standard InChI is InChI=1S/C15H30N2O2/c1-12(2)15-13(8-10-19-15)11-17-14(18)7-5-3-4-6-9-16/h12-13,15H,3-11,16H2,1-2H3,(H,17,18). The first-order valence-electron chi connectivity index (χ1n) is 7.73. The number of ether oxygens (including phenoxy) is 1. The number of hydrogen-bond acceptors (Lipinski definition) is 3. The van der Waals surface area contributed by atoms with Crippen molar-refractivity contribution in [1.82, 2.24) is 5.32 Å². The van der Waals surface area contributed by atoms with Crippen LogP contribution >= 0.6 is 0 Å². The summed E-state index contributed by atoms with van der Waals surface area (Å²) in [5.74, 6) is 1.20. The Hall–Kier alpha value is -0.610. The predicted molar refractivity (Wildman–Crippen MR) is 77.8 cm³/mol. The lowest BCUT2D eigenvalue weighted by atomic mass is 9.93. The first-order chi connectivity index (χ1) is 9.15. The highest BCUT2D eigenvalue weighted by Crippen LogP contribution is 2.26. The zero-order chi connectivity index (χ0) is 14.1. The topological polar surface area (TPSA) is 64.3 Å². The van der Waals surface area contributed by atoms with Crippen LogP contribution in [-0.2, 0) is 9.53 Å². The molecule has 19 heavy (non-hydrogen) atoms. The minimum Gasteiger partial charge on any atom is -0.378 e. The van der Waals surface area contributed by atoms with Crippen molar-refractivity contribution in [3.8, 4) is 0 Å². The van der Waals surface area contributed by atoms with Gasteiger partial charge in [-0.25, -0.2) is 0 Å². The molecule has 2 atom stereocenters. The van der Waals surface area contributed by atoms with E-state index in [9.17, 15) is 4.79 Å². The molecular weight excluding hydrogens is 240 g/mol. The summed E-state index contributed by atoms with van der Waals surface area (Å²) >= 11 is 0. The van der Waals surface area contributed by atoms with Crippen molar-refractivity contribution in [1.29, 1.82) is 0 Å². The third-order valence-corrected chi connectivity index (χ3v) is 3.84. The Morgan fingerprint density at radius 3 is 2.74 bits per heavy atom. The number of amides is 1. The Morgan fingerprint density at radius 2 is 2.05 bits per heavy atom. The van der Waals surface area contributed by atoms with Crippen molar-refractivity contribution in [2.45, 2.75) is 58.5 Å². The summed E-state index contributed by atoms with van der Waals surface area (Å²) in [6.07, 6.45) is 6.30. The summed E-state index contributed by atoms with van der Waals surface area (Å²) < 4.78 is 5.72. The second kappa shape index (κ2) is 9.32. The van der Waals surface area contributed by atoms with Crippen LogP contribution in [0.25, 0.3) is 0 Å². The molecular formula is C15H30N2O2. The summed E-state index contributed by atoms with van der Waals surface area (Å²) in [6, 6.07) is 0. The Kier molecular flexibility index (Phi) is 8.07. The maximum atomic E-state index is 11.7. The van der Waals surface area contributed by atoms with E-state index in [1.807, 2.05) is 0 Å². The van der Waals surface area contributed by atoms with E-state index in [1.165, 1.54) is 0 Å². The van der Waals surface area contributed by atoms with Crippen LogP contribution < -0.4 is 11.1 Å². The van der Waals surface area contributed by atoms with Crippen molar-refractivity contribution in [2.24, 2.45) is 17.6 Å². The molecule has 1 rings (SSSR count). The number of nitrogens with one attached hydrogen (secondary N) is 1. The van der Waals surface area contributed by atoms with Gasteiger partial charge in [0.05, 0.1) is 6.10 Å². The number of carbonyl (C=O) groups excluding carboxylic acids is 1. The Bertz CT molecular complexity index is 257. The van der Waals surface area contributed by atoms with Crippen molar-refractivity contribution < 1.29 is 9.53 Å². The molecule has 1 aliphatic heterocycles. The lowest BCUT2D eigenvalue weighted by Crippen LogP contribution is -2.34. The molecule has 1 aliphatic rings. The summed E-state index contributed by atoms with van der Waals surface area (Å²) in [4.78, 5) is 11.7. The molecule has 4 heteroatoms. The molecule has 4 nitrogen and oxygen atoms in total. The number of carbonyl (C=O) groups is 1. The van der Waals surface area contributed by atoms with Gasteiger partial charge in [0, 0.05) is 25.5 Å². The van der Waals surface area contributed by atoms with E-state index in [2.05, 4.69) is 19.2 Å². The molecule has 2 unspecified atom stereocenters. The normalized spacial score (nSPS) is 22.9. The third-order valence-electron chi connectivity index (χ3n) is 3.84. The molecule has 0 aliphatic carbocycles. The molecule has 0 aromatic rings. The highest BCUT2D eigenvalue weighted by atomic mass is 16.5. The lowest BCUT2D eigenvalue weighted by molar-refractivity contribution is -0.121. The number of hydrogen-bond donors (Lipinski definition) is 2. The molecule has 0 radical (unpaired) electrons. The summed E-state index contributed by atoms with van der Waals surface area (Å²) in [5.41, 5.74) is 5.43. The van der Waals surface area contributed by atoms with Crippen molar-refractivity contribution in [3.05, 3.63) is 0 Å². The van der Waals surface area contributed by atoms with E-state index in [0.29, 0.717) is 24.4 Å². The largest absolute Gasteiger partial charge is 0.378 e. The van der Waals surface area contributed by atoms with E-state index < -0.39 is 0 Å². The van der Waals surface area contributed by atoms with Gasteiger partial charge in [-0.3, -0.25) is 4.79 Å². The number of unbranched alkanes of at least 4 members (excludes halogenated alkanes) is 3. The second-order valence-electron chi connectivity index (χ2n) is 5.89. The molecule has 3 N–H and O–H groups in total. The van der Waals surface area contributed by atoms with Crippen LogP contribution in [0.5, 0.6) is 0 Å². The molecule has 0 aromatic heterocycles. The van der Waals surface area contributed by atoms with Gasteiger partial charge in [-0.05, 0) is 31.7 Å². The average Bonchev–Trinajstić information content (AvgIpc) is 2.84. The minimum absolute atomic E-state index is 0.183. The van der Waals surface area contributed by atoms with Crippen LogP contribution in [0.4, 0.5) is 0 Å². The highest BCUT2D eigenvalue weighted by Gasteiger charge is 2.30. The average molecular weight is 270 g/mol. The Balaban J connectivity index is 2.09. The van der Waals surface area contributed by atoms with Gasteiger partial charge in [-0.1, -0.05) is 26.7 Å². The summed E-state index contributed by atoms with van der Waals surface area (Å²) in [5, 5.41) is 3.06. The quantitative estimate of drug-likeness (QED) is 0.630. The fourth-order valence-electron chi connectivity index (χ4n) is 2.73. The molecule has 1 saturated heterocycles. The zero-order valence-electron chi connectivity index (χ0n) is 12.5. The maximum absolute atomic E-state index is 11.7. The van der Waals surface area contributed by atoms with Crippen LogP contribution in [0.15, 0.2) is 0 Å².